The summed E-state index contributed by atoms with van der Waals surface area (Å²) in [5.41, 5.74) is 2.80. The quantitative estimate of drug-likeness (QED) is 0.901. The lowest BCUT2D eigenvalue weighted by Crippen LogP contribution is -2.50. The van der Waals surface area contributed by atoms with Gasteiger partial charge in [0.15, 0.2) is 0 Å². The van der Waals surface area contributed by atoms with Crippen LogP contribution in [0.5, 0.6) is 0 Å². The minimum absolute atomic E-state index is 0.0125. The van der Waals surface area contributed by atoms with Crippen LogP contribution in [0, 0.1) is 0 Å². The summed E-state index contributed by atoms with van der Waals surface area (Å²) >= 11 is 0. The van der Waals surface area contributed by atoms with Crippen molar-refractivity contribution in [3.8, 4) is 11.1 Å². The Hall–Kier alpha value is -2.82. The fourth-order valence-corrected chi connectivity index (χ4v) is 3.19. The van der Waals surface area contributed by atoms with Gasteiger partial charge in [-0.3, -0.25) is 4.79 Å². The highest BCUT2D eigenvalue weighted by atomic mass is 16.2. The smallest absolute Gasteiger partial charge is 0.319 e. The second-order valence-electron chi connectivity index (χ2n) is 6.31. The molecule has 0 bridgehead atoms. The zero-order valence-corrected chi connectivity index (χ0v) is 14.4. The van der Waals surface area contributed by atoms with Crippen LogP contribution in [-0.4, -0.2) is 36.0 Å². The maximum Gasteiger partial charge on any atom is 0.319 e. The second-order valence-corrected chi connectivity index (χ2v) is 6.31. The first-order valence-electron chi connectivity index (χ1n) is 8.61. The summed E-state index contributed by atoms with van der Waals surface area (Å²) in [7, 11) is 0. The van der Waals surface area contributed by atoms with Gasteiger partial charge in [0.2, 0.25) is 5.91 Å². The largest absolute Gasteiger partial charge is 0.341 e. The molecule has 0 aliphatic carbocycles. The van der Waals surface area contributed by atoms with E-state index in [9.17, 15) is 9.59 Å². The van der Waals surface area contributed by atoms with Crippen LogP contribution in [0.1, 0.15) is 19.8 Å². The van der Waals surface area contributed by atoms with Crippen molar-refractivity contribution in [2.24, 2.45) is 0 Å². The number of benzene rings is 2. The SMILES string of the molecule is CC(=O)N1CCCC(NC(=O)Nc2ccccc2-c2ccccc2)C1. The van der Waals surface area contributed by atoms with Crippen LogP contribution in [-0.2, 0) is 4.79 Å². The normalized spacial score (nSPS) is 17.0. The third kappa shape index (κ3) is 4.38. The highest BCUT2D eigenvalue weighted by molar-refractivity contribution is 5.94. The van der Waals surface area contributed by atoms with Crippen molar-refractivity contribution >= 4 is 17.6 Å². The van der Waals surface area contributed by atoms with Crippen LogP contribution in [0.25, 0.3) is 11.1 Å². The van der Waals surface area contributed by atoms with Gasteiger partial charge in [-0.25, -0.2) is 4.79 Å². The lowest BCUT2D eigenvalue weighted by atomic mass is 10.0. The van der Waals surface area contributed by atoms with Gasteiger partial charge in [0.1, 0.15) is 0 Å². The molecule has 5 heteroatoms. The van der Waals surface area contributed by atoms with E-state index in [1.54, 1.807) is 11.8 Å². The zero-order valence-electron chi connectivity index (χ0n) is 14.4. The topological polar surface area (TPSA) is 61.4 Å². The zero-order chi connectivity index (χ0) is 17.6. The Labute approximate surface area is 148 Å². The summed E-state index contributed by atoms with van der Waals surface area (Å²) in [6.45, 7) is 2.91. The second kappa shape index (κ2) is 7.83. The van der Waals surface area contributed by atoms with E-state index >= 15 is 0 Å². The maximum absolute atomic E-state index is 12.4. The average Bonchev–Trinajstić information content (AvgIpc) is 2.63. The molecule has 0 saturated carbocycles. The van der Waals surface area contributed by atoms with E-state index in [0.717, 1.165) is 36.2 Å². The summed E-state index contributed by atoms with van der Waals surface area (Å²) < 4.78 is 0. The first-order valence-corrected chi connectivity index (χ1v) is 8.61. The molecule has 1 aliphatic rings. The molecule has 0 aromatic heterocycles. The van der Waals surface area contributed by atoms with E-state index in [0.29, 0.717) is 6.54 Å². The van der Waals surface area contributed by atoms with Crippen LogP contribution in [0.2, 0.25) is 0 Å². The third-order valence-electron chi connectivity index (χ3n) is 4.46. The molecule has 2 aromatic carbocycles. The van der Waals surface area contributed by atoms with Crippen LogP contribution >= 0.6 is 0 Å². The maximum atomic E-state index is 12.4. The van der Waals surface area contributed by atoms with Crippen molar-refractivity contribution in [1.29, 1.82) is 0 Å². The first kappa shape index (κ1) is 17.0. The first-order chi connectivity index (χ1) is 12.1. The molecular formula is C20H23N3O2. The molecule has 1 unspecified atom stereocenters. The van der Waals surface area contributed by atoms with Crippen LogP contribution in [0.3, 0.4) is 0 Å². The number of carbonyl (C=O) groups is 2. The molecule has 1 aliphatic heterocycles. The van der Waals surface area contributed by atoms with Gasteiger partial charge in [-0.2, -0.15) is 0 Å². The molecule has 1 heterocycles. The fraction of sp³-hybridized carbons (Fsp3) is 0.300. The number of nitrogens with one attached hydrogen (secondary N) is 2. The Morgan fingerprint density at radius 1 is 1.04 bits per heavy atom. The molecule has 3 amide bonds. The standard InChI is InChI=1S/C20H23N3O2/c1-15(24)23-13-7-10-17(14-23)21-20(25)22-19-12-6-5-11-18(19)16-8-3-2-4-9-16/h2-6,8-9,11-12,17H,7,10,13-14H2,1H3,(H2,21,22,25). The Kier molecular flexibility index (Phi) is 5.33. The van der Waals surface area contributed by atoms with E-state index in [-0.39, 0.29) is 18.0 Å². The summed E-state index contributed by atoms with van der Waals surface area (Å²) in [6.07, 6.45) is 1.79. The van der Waals surface area contributed by atoms with Crippen molar-refractivity contribution < 1.29 is 9.59 Å². The minimum atomic E-state index is -0.237. The number of amides is 3. The van der Waals surface area contributed by atoms with Gasteiger partial charge in [0.05, 0.1) is 5.69 Å². The lowest BCUT2D eigenvalue weighted by Gasteiger charge is -2.32. The fourth-order valence-electron chi connectivity index (χ4n) is 3.19. The molecule has 3 rings (SSSR count). The summed E-state index contributed by atoms with van der Waals surface area (Å²) in [5, 5.41) is 5.93. The Morgan fingerprint density at radius 3 is 2.52 bits per heavy atom. The summed E-state index contributed by atoms with van der Waals surface area (Å²) in [4.78, 5) is 25.7. The van der Waals surface area contributed by atoms with Gasteiger partial charge in [0, 0.05) is 31.6 Å². The van der Waals surface area contributed by atoms with Gasteiger partial charge >= 0.3 is 6.03 Å². The number of piperidine rings is 1. The summed E-state index contributed by atoms with van der Waals surface area (Å²) in [6, 6.07) is 17.4. The number of hydrogen-bond acceptors (Lipinski definition) is 2. The van der Waals surface area contributed by atoms with E-state index in [1.165, 1.54) is 0 Å². The molecule has 25 heavy (non-hydrogen) atoms. The average molecular weight is 337 g/mol. The predicted octanol–water partition coefficient (Wildman–Crippen LogP) is 3.49. The number of urea groups is 1. The number of para-hydroxylation sites is 1. The van der Waals surface area contributed by atoms with E-state index in [1.807, 2.05) is 54.6 Å². The Balaban J connectivity index is 1.67. The van der Waals surface area contributed by atoms with E-state index in [2.05, 4.69) is 10.6 Å². The van der Waals surface area contributed by atoms with Gasteiger partial charge in [-0.05, 0) is 24.5 Å². The molecule has 1 fully saturated rings. The molecular weight excluding hydrogens is 314 g/mol. The van der Waals surface area contributed by atoms with Gasteiger partial charge < -0.3 is 15.5 Å². The highest BCUT2D eigenvalue weighted by Crippen LogP contribution is 2.27. The minimum Gasteiger partial charge on any atom is -0.341 e. The molecule has 0 radical (unpaired) electrons. The van der Waals surface area contributed by atoms with Crippen molar-refractivity contribution in [3.05, 3.63) is 54.6 Å². The van der Waals surface area contributed by atoms with Gasteiger partial charge in [0.25, 0.3) is 0 Å². The lowest BCUT2D eigenvalue weighted by molar-refractivity contribution is -0.130. The van der Waals surface area contributed by atoms with E-state index in [4.69, 9.17) is 0 Å². The number of anilines is 1. The molecule has 1 saturated heterocycles. The third-order valence-corrected chi connectivity index (χ3v) is 4.46. The predicted molar refractivity (Wildman–Crippen MR) is 99.3 cm³/mol. The molecule has 2 aromatic rings. The van der Waals surface area contributed by atoms with Gasteiger partial charge in [-0.15, -0.1) is 0 Å². The van der Waals surface area contributed by atoms with E-state index < -0.39 is 0 Å². The Morgan fingerprint density at radius 2 is 1.76 bits per heavy atom. The Bertz CT molecular complexity index is 746. The van der Waals surface area contributed by atoms with Crippen LogP contribution in [0.4, 0.5) is 10.5 Å². The van der Waals surface area contributed by atoms with Gasteiger partial charge in [-0.1, -0.05) is 48.5 Å². The molecule has 0 spiro atoms. The van der Waals surface area contributed by atoms with Crippen molar-refractivity contribution in [1.82, 2.24) is 10.2 Å². The van der Waals surface area contributed by atoms with Crippen LogP contribution in [0.15, 0.2) is 54.6 Å². The molecule has 1 atom stereocenters. The number of likely N-dealkylation sites (tertiary alicyclic amines) is 1. The van der Waals surface area contributed by atoms with Crippen molar-refractivity contribution in [2.75, 3.05) is 18.4 Å². The van der Waals surface area contributed by atoms with Crippen molar-refractivity contribution in [2.45, 2.75) is 25.8 Å². The monoisotopic (exact) mass is 337 g/mol. The number of carbonyl (C=O) groups excluding carboxylic acids is 2. The molecule has 2 N–H and O–H groups in total. The number of rotatable bonds is 3. The van der Waals surface area contributed by atoms with Crippen molar-refractivity contribution in [3.63, 3.8) is 0 Å². The molecule has 5 nitrogen and oxygen atoms in total. The number of hydrogen-bond donors (Lipinski definition) is 2. The number of nitrogens with zero attached hydrogens (tertiary/aromatic N) is 1. The summed E-state index contributed by atoms with van der Waals surface area (Å²) in [5.74, 6) is 0.0568. The highest BCUT2D eigenvalue weighted by Gasteiger charge is 2.23. The van der Waals surface area contributed by atoms with Crippen LogP contribution < -0.4 is 10.6 Å². The molecule has 130 valence electrons.